The van der Waals surface area contributed by atoms with Gasteiger partial charge in [-0.3, -0.25) is 4.79 Å². The minimum absolute atomic E-state index is 0.0251. The molecule has 2 aliphatic heterocycles. The van der Waals surface area contributed by atoms with Gasteiger partial charge >= 0.3 is 0 Å². The molecule has 6 heteroatoms. The van der Waals surface area contributed by atoms with Gasteiger partial charge in [-0.25, -0.2) is 0 Å². The van der Waals surface area contributed by atoms with Crippen molar-refractivity contribution in [2.24, 2.45) is 5.92 Å². The van der Waals surface area contributed by atoms with Crippen molar-refractivity contribution in [2.75, 3.05) is 41.0 Å². The number of benzene rings is 1. The maximum Gasteiger partial charge on any atom is 0.254 e. The van der Waals surface area contributed by atoms with Crippen LogP contribution < -0.4 is 19.5 Å². The van der Waals surface area contributed by atoms with Crippen molar-refractivity contribution in [1.29, 1.82) is 0 Å². The number of likely N-dealkylation sites (tertiary alicyclic amines) is 1. The Balaban J connectivity index is 1.71. The third-order valence-electron chi connectivity index (χ3n) is 5.41. The quantitative estimate of drug-likeness (QED) is 0.885. The van der Waals surface area contributed by atoms with E-state index in [9.17, 15) is 4.79 Å². The molecule has 25 heavy (non-hydrogen) atoms. The highest BCUT2D eigenvalue weighted by molar-refractivity contribution is 5.95. The number of methoxy groups -OCH3 is 3. The second-order valence-corrected chi connectivity index (χ2v) is 6.75. The van der Waals surface area contributed by atoms with Crippen molar-refractivity contribution in [1.82, 2.24) is 10.2 Å². The van der Waals surface area contributed by atoms with Gasteiger partial charge in [0.15, 0.2) is 11.5 Å². The van der Waals surface area contributed by atoms with Gasteiger partial charge in [0.1, 0.15) is 0 Å². The molecule has 0 radical (unpaired) electrons. The van der Waals surface area contributed by atoms with Crippen molar-refractivity contribution in [3.8, 4) is 17.2 Å². The van der Waals surface area contributed by atoms with Crippen molar-refractivity contribution in [3.05, 3.63) is 17.7 Å². The van der Waals surface area contributed by atoms with E-state index < -0.39 is 0 Å². The molecule has 1 atom stereocenters. The number of carbonyl (C=O) groups is 1. The maximum atomic E-state index is 12.9. The summed E-state index contributed by atoms with van der Waals surface area (Å²) in [7, 11) is 4.68. The van der Waals surface area contributed by atoms with E-state index in [1.165, 1.54) is 12.8 Å². The van der Waals surface area contributed by atoms with E-state index in [4.69, 9.17) is 14.2 Å². The smallest absolute Gasteiger partial charge is 0.254 e. The van der Waals surface area contributed by atoms with E-state index in [1.54, 1.807) is 33.5 Å². The molecule has 0 saturated carbocycles. The van der Waals surface area contributed by atoms with Crippen LogP contribution in [-0.2, 0) is 0 Å². The Morgan fingerprint density at radius 3 is 2.16 bits per heavy atom. The fraction of sp³-hybridized carbons (Fsp3) is 0.632. The molecule has 0 bridgehead atoms. The van der Waals surface area contributed by atoms with Crippen LogP contribution in [0.15, 0.2) is 12.1 Å². The van der Waals surface area contributed by atoms with E-state index in [1.807, 2.05) is 4.90 Å². The van der Waals surface area contributed by atoms with Gasteiger partial charge in [-0.1, -0.05) is 0 Å². The molecular formula is C19H28N2O4. The van der Waals surface area contributed by atoms with Gasteiger partial charge in [-0.2, -0.15) is 0 Å². The molecule has 2 heterocycles. The number of ether oxygens (including phenoxy) is 3. The Kier molecular flexibility index (Phi) is 5.68. The third-order valence-corrected chi connectivity index (χ3v) is 5.41. The number of hydrogen-bond donors (Lipinski definition) is 1. The topological polar surface area (TPSA) is 60.0 Å². The minimum atomic E-state index is 0.0251. The Hall–Kier alpha value is -1.95. The van der Waals surface area contributed by atoms with Gasteiger partial charge in [-0.05, 0) is 50.3 Å². The summed E-state index contributed by atoms with van der Waals surface area (Å²) in [6.45, 7) is 2.74. The summed E-state index contributed by atoms with van der Waals surface area (Å²) < 4.78 is 16.0. The average molecular weight is 348 g/mol. The summed E-state index contributed by atoms with van der Waals surface area (Å²) in [5, 5.41) is 3.59. The fourth-order valence-electron chi connectivity index (χ4n) is 4.01. The van der Waals surface area contributed by atoms with Crippen LogP contribution in [0, 0.1) is 5.92 Å². The van der Waals surface area contributed by atoms with Crippen LogP contribution in [-0.4, -0.2) is 57.8 Å². The Labute approximate surface area is 149 Å². The van der Waals surface area contributed by atoms with E-state index in [0.717, 1.165) is 32.5 Å². The average Bonchev–Trinajstić information content (AvgIpc) is 3.21. The number of amides is 1. The Morgan fingerprint density at radius 1 is 1.04 bits per heavy atom. The van der Waals surface area contributed by atoms with Crippen LogP contribution in [0.25, 0.3) is 0 Å². The fourth-order valence-corrected chi connectivity index (χ4v) is 4.01. The largest absolute Gasteiger partial charge is 0.493 e. The van der Waals surface area contributed by atoms with Crippen molar-refractivity contribution in [3.63, 3.8) is 0 Å². The van der Waals surface area contributed by atoms with Gasteiger partial charge in [0.25, 0.3) is 5.91 Å². The summed E-state index contributed by atoms with van der Waals surface area (Å²) in [5.74, 6) is 2.24. The molecule has 1 amide bonds. The monoisotopic (exact) mass is 348 g/mol. The van der Waals surface area contributed by atoms with Gasteiger partial charge in [0.2, 0.25) is 5.75 Å². The molecule has 0 aromatic heterocycles. The van der Waals surface area contributed by atoms with Crippen LogP contribution in [0.3, 0.4) is 0 Å². The molecule has 3 rings (SSSR count). The molecule has 1 aromatic rings. The predicted octanol–water partition coefficient (Wildman–Crippen LogP) is 2.32. The lowest BCUT2D eigenvalue weighted by Gasteiger charge is -2.35. The third kappa shape index (κ3) is 3.68. The lowest BCUT2D eigenvalue weighted by atomic mass is 9.88. The van der Waals surface area contributed by atoms with Crippen molar-refractivity contribution < 1.29 is 19.0 Å². The molecule has 1 aromatic carbocycles. The van der Waals surface area contributed by atoms with Gasteiger partial charge in [-0.15, -0.1) is 0 Å². The number of nitrogens with one attached hydrogen (secondary N) is 1. The van der Waals surface area contributed by atoms with E-state index >= 15 is 0 Å². The lowest BCUT2D eigenvalue weighted by molar-refractivity contribution is 0.0673. The second-order valence-electron chi connectivity index (χ2n) is 6.75. The molecule has 1 N–H and O–H groups in total. The number of nitrogens with zero attached hydrogens (tertiary/aromatic N) is 1. The SMILES string of the molecule is COc1cc(C(=O)N2CCC(C3CCCN3)CC2)cc(OC)c1OC. The highest BCUT2D eigenvalue weighted by Crippen LogP contribution is 2.38. The van der Waals surface area contributed by atoms with Crippen LogP contribution in [0.2, 0.25) is 0 Å². The van der Waals surface area contributed by atoms with Crippen LogP contribution in [0.4, 0.5) is 0 Å². The van der Waals surface area contributed by atoms with Gasteiger partial charge in [0.05, 0.1) is 21.3 Å². The number of hydrogen-bond acceptors (Lipinski definition) is 5. The van der Waals surface area contributed by atoms with E-state index in [0.29, 0.717) is 34.8 Å². The first-order valence-electron chi connectivity index (χ1n) is 9.00. The number of carbonyl (C=O) groups excluding carboxylic acids is 1. The molecule has 1 unspecified atom stereocenters. The van der Waals surface area contributed by atoms with Gasteiger partial charge < -0.3 is 24.4 Å². The minimum Gasteiger partial charge on any atom is -0.493 e. The summed E-state index contributed by atoms with van der Waals surface area (Å²) in [5.41, 5.74) is 0.576. The zero-order chi connectivity index (χ0) is 17.8. The summed E-state index contributed by atoms with van der Waals surface area (Å²) in [6.07, 6.45) is 4.67. The molecular weight excluding hydrogens is 320 g/mol. The molecule has 0 aliphatic carbocycles. The lowest BCUT2D eigenvalue weighted by Crippen LogP contribution is -2.43. The highest BCUT2D eigenvalue weighted by atomic mass is 16.5. The summed E-state index contributed by atoms with van der Waals surface area (Å²) >= 11 is 0. The molecule has 6 nitrogen and oxygen atoms in total. The first-order chi connectivity index (χ1) is 12.2. The molecule has 0 spiro atoms. The van der Waals surface area contributed by atoms with Crippen molar-refractivity contribution >= 4 is 5.91 Å². The van der Waals surface area contributed by atoms with Crippen LogP contribution in [0.5, 0.6) is 17.2 Å². The standard InChI is InChI=1S/C19H28N2O4/c1-23-16-11-14(12-17(24-2)18(16)25-3)19(22)21-9-6-13(7-10-21)15-5-4-8-20-15/h11-13,15,20H,4-10H2,1-3H3. The summed E-state index contributed by atoms with van der Waals surface area (Å²) in [4.78, 5) is 14.9. The zero-order valence-corrected chi connectivity index (χ0v) is 15.3. The first-order valence-corrected chi connectivity index (χ1v) is 9.00. The Morgan fingerprint density at radius 2 is 1.68 bits per heavy atom. The first kappa shape index (κ1) is 17.9. The number of piperidine rings is 1. The summed E-state index contributed by atoms with van der Waals surface area (Å²) in [6, 6.07) is 4.10. The van der Waals surface area contributed by atoms with Crippen LogP contribution in [0.1, 0.15) is 36.0 Å². The molecule has 2 saturated heterocycles. The highest BCUT2D eigenvalue weighted by Gasteiger charge is 2.30. The van der Waals surface area contributed by atoms with Gasteiger partial charge in [0, 0.05) is 24.7 Å². The normalized spacial score (nSPS) is 21.2. The Bertz CT molecular complexity index is 580. The van der Waals surface area contributed by atoms with E-state index in [2.05, 4.69) is 5.32 Å². The van der Waals surface area contributed by atoms with Crippen molar-refractivity contribution in [2.45, 2.75) is 31.7 Å². The molecule has 138 valence electrons. The second kappa shape index (κ2) is 7.95. The zero-order valence-electron chi connectivity index (χ0n) is 15.3. The maximum absolute atomic E-state index is 12.9. The van der Waals surface area contributed by atoms with Crippen LogP contribution >= 0.6 is 0 Å². The molecule has 2 fully saturated rings. The molecule has 2 aliphatic rings. The van der Waals surface area contributed by atoms with E-state index in [-0.39, 0.29) is 5.91 Å². The predicted molar refractivity (Wildman–Crippen MR) is 95.8 cm³/mol. The number of rotatable bonds is 5.